The first-order chi connectivity index (χ1) is 9.65. The van der Waals surface area contributed by atoms with Gasteiger partial charge in [0, 0.05) is 14.1 Å². The summed E-state index contributed by atoms with van der Waals surface area (Å²) < 4.78 is 31.2. The van der Waals surface area contributed by atoms with Crippen molar-refractivity contribution in [2.45, 2.75) is 45.1 Å². The van der Waals surface area contributed by atoms with E-state index >= 15 is 0 Å². The van der Waals surface area contributed by atoms with Gasteiger partial charge in [0.15, 0.2) is 5.96 Å². The van der Waals surface area contributed by atoms with Gasteiger partial charge in [0.05, 0.1) is 11.8 Å². The van der Waals surface area contributed by atoms with Crippen LogP contribution in [0.3, 0.4) is 0 Å². The molecule has 0 aliphatic rings. The zero-order valence-corrected chi connectivity index (χ0v) is 13.8. The molecule has 0 saturated carbocycles. The molecule has 0 aliphatic heterocycles. The van der Waals surface area contributed by atoms with Gasteiger partial charge >= 0.3 is 0 Å². The molecule has 0 radical (unpaired) electrons. The van der Waals surface area contributed by atoms with Crippen molar-refractivity contribution in [1.82, 2.24) is 4.90 Å². The summed E-state index contributed by atoms with van der Waals surface area (Å²) >= 11 is 0. The van der Waals surface area contributed by atoms with E-state index in [1.54, 1.807) is 19.0 Å². The summed E-state index contributed by atoms with van der Waals surface area (Å²) in [5.41, 5.74) is 10.7. The highest BCUT2D eigenvalue weighted by Gasteiger charge is 2.17. The highest BCUT2D eigenvalue weighted by atomic mass is 32.2. The van der Waals surface area contributed by atoms with E-state index in [1.165, 1.54) is 0 Å². The molecule has 21 heavy (non-hydrogen) atoms. The summed E-state index contributed by atoms with van der Waals surface area (Å²) in [4.78, 5) is 9.70. The van der Waals surface area contributed by atoms with E-state index in [2.05, 4.69) is 16.9 Å². The maximum atomic E-state index is 11.1. The molecule has 0 heterocycles. The zero-order valence-electron chi connectivity index (χ0n) is 13.0. The Morgan fingerprint density at radius 3 is 2.29 bits per heavy atom. The van der Waals surface area contributed by atoms with Crippen LogP contribution in [0.15, 0.2) is 9.98 Å². The molecule has 0 spiro atoms. The lowest BCUT2D eigenvalue weighted by Gasteiger charge is -2.16. The van der Waals surface area contributed by atoms with Crippen LogP contribution in [0.2, 0.25) is 0 Å². The first kappa shape index (κ1) is 19.7. The number of hydrogen-bond acceptors (Lipinski definition) is 3. The van der Waals surface area contributed by atoms with Crippen molar-refractivity contribution in [2.24, 2.45) is 21.5 Å². The second kappa shape index (κ2) is 9.56. The van der Waals surface area contributed by atoms with Crippen LogP contribution in [0.25, 0.3) is 0 Å². The Bertz CT molecular complexity index is 456. The number of nitrogens with zero attached hydrogens (tertiary/aromatic N) is 3. The van der Waals surface area contributed by atoms with Gasteiger partial charge in [-0.2, -0.15) is 13.4 Å². The summed E-state index contributed by atoms with van der Waals surface area (Å²) in [6.07, 6.45) is 4.55. The topological polar surface area (TPSA) is 134 Å². The molecular formula is C12H27N5O3S. The average Bonchev–Trinajstić information content (AvgIpc) is 2.31. The Morgan fingerprint density at radius 1 is 1.24 bits per heavy atom. The molecule has 0 aromatic carbocycles. The summed E-state index contributed by atoms with van der Waals surface area (Å²) in [6, 6.07) is -0.572. The smallest absolute Gasteiger partial charge is 0.266 e. The molecule has 0 rings (SSSR count). The molecule has 0 amide bonds. The number of rotatable bonds is 8. The van der Waals surface area contributed by atoms with Crippen LogP contribution in [0.1, 0.15) is 39.0 Å². The third-order valence-electron chi connectivity index (χ3n) is 2.72. The van der Waals surface area contributed by atoms with E-state index in [9.17, 15) is 8.42 Å². The lowest BCUT2D eigenvalue weighted by atomic mass is 10.1. The molecule has 0 aliphatic carbocycles. The van der Waals surface area contributed by atoms with Crippen molar-refractivity contribution in [3.8, 4) is 0 Å². The zero-order chi connectivity index (χ0) is 16.5. The summed E-state index contributed by atoms with van der Waals surface area (Å²) in [6.45, 7) is 2.09. The fourth-order valence-corrected chi connectivity index (χ4v) is 2.49. The summed E-state index contributed by atoms with van der Waals surface area (Å²) in [5.74, 6) is -0.352. The highest BCUT2D eigenvalue weighted by molar-refractivity contribution is 7.85. The number of unbranched alkanes of at least 4 members (excludes halogenated alkanes) is 3. The van der Waals surface area contributed by atoms with E-state index in [1.807, 2.05) is 0 Å². The molecule has 124 valence electrons. The second-order valence-corrected chi connectivity index (χ2v) is 6.61. The van der Waals surface area contributed by atoms with Gasteiger partial charge in [-0.15, -0.1) is 0 Å². The molecule has 0 fully saturated rings. The van der Waals surface area contributed by atoms with E-state index < -0.39 is 21.9 Å². The van der Waals surface area contributed by atoms with Crippen molar-refractivity contribution in [3.05, 3.63) is 0 Å². The Morgan fingerprint density at radius 2 is 1.86 bits per heavy atom. The minimum absolute atomic E-state index is 0.154. The fraction of sp³-hybridized carbons (Fsp3) is 0.833. The molecule has 0 saturated heterocycles. The number of guanidine groups is 2. The van der Waals surface area contributed by atoms with Gasteiger partial charge in [-0.05, 0) is 6.42 Å². The quantitative estimate of drug-likeness (QED) is 0.256. The van der Waals surface area contributed by atoms with Crippen LogP contribution in [-0.4, -0.2) is 55.7 Å². The molecule has 9 heteroatoms. The predicted octanol–water partition coefficient (Wildman–Crippen LogP) is 0.404. The normalized spacial score (nSPS) is 13.8. The van der Waals surface area contributed by atoms with Gasteiger partial charge in [0.1, 0.15) is 0 Å². The Kier molecular flexibility index (Phi) is 8.95. The van der Waals surface area contributed by atoms with Crippen LogP contribution < -0.4 is 11.5 Å². The van der Waals surface area contributed by atoms with Crippen molar-refractivity contribution in [1.29, 1.82) is 0 Å². The van der Waals surface area contributed by atoms with Crippen molar-refractivity contribution >= 4 is 22.0 Å². The third-order valence-corrected chi connectivity index (χ3v) is 3.53. The number of aliphatic imine (C=N–C) groups is 2. The molecule has 1 unspecified atom stereocenters. The molecule has 8 nitrogen and oxygen atoms in total. The van der Waals surface area contributed by atoms with Crippen molar-refractivity contribution < 1.29 is 13.0 Å². The van der Waals surface area contributed by atoms with Gasteiger partial charge in [0.25, 0.3) is 10.1 Å². The summed E-state index contributed by atoms with van der Waals surface area (Å²) in [5, 5.41) is 0. The number of nitrogens with two attached hydrogens (primary N) is 2. The molecule has 0 bridgehead atoms. The predicted molar refractivity (Wildman–Crippen MR) is 85.9 cm³/mol. The first-order valence-corrected chi connectivity index (χ1v) is 8.56. The monoisotopic (exact) mass is 321 g/mol. The van der Waals surface area contributed by atoms with Gasteiger partial charge in [-0.25, -0.2) is 4.99 Å². The van der Waals surface area contributed by atoms with Gasteiger partial charge in [-0.3, -0.25) is 4.55 Å². The molecular weight excluding hydrogens is 294 g/mol. The second-order valence-electron chi connectivity index (χ2n) is 5.11. The standard InChI is InChI=1S/C12H27N5O3S/c1-4-5-6-7-8-10(9-21(18,19)20)15-12(17(2)3)16-11(13)14/h10H,4-9H2,1-3H3,(H,18,19,20)(H4,13,14,15,16). The first-order valence-electron chi connectivity index (χ1n) is 6.95. The van der Waals surface area contributed by atoms with Gasteiger partial charge in [-0.1, -0.05) is 32.6 Å². The molecule has 0 aromatic heterocycles. The van der Waals surface area contributed by atoms with Crippen LogP contribution >= 0.6 is 0 Å². The van der Waals surface area contributed by atoms with Crippen LogP contribution in [0.5, 0.6) is 0 Å². The fourth-order valence-electron chi connectivity index (χ4n) is 1.76. The number of hydrogen-bond donors (Lipinski definition) is 3. The lowest BCUT2D eigenvalue weighted by Crippen LogP contribution is -2.31. The average molecular weight is 321 g/mol. The maximum absolute atomic E-state index is 11.1. The minimum atomic E-state index is -4.10. The largest absolute Gasteiger partial charge is 0.370 e. The highest BCUT2D eigenvalue weighted by Crippen LogP contribution is 2.11. The minimum Gasteiger partial charge on any atom is -0.370 e. The van der Waals surface area contributed by atoms with Crippen molar-refractivity contribution in [3.63, 3.8) is 0 Å². The lowest BCUT2D eigenvalue weighted by molar-refractivity contribution is 0.469. The van der Waals surface area contributed by atoms with E-state index in [4.69, 9.17) is 16.0 Å². The van der Waals surface area contributed by atoms with Crippen LogP contribution in [0.4, 0.5) is 0 Å². The van der Waals surface area contributed by atoms with Crippen LogP contribution in [0, 0.1) is 0 Å². The van der Waals surface area contributed by atoms with Gasteiger partial charge < -0.3 is 16.4 Å². The van der Waals surface area contributed by atoms with E-state index in [0.29, 0.717) is 6.42 Å². The van der Waals surface area contributed by atoms with Gasteiger partial charge in [0.2, 0.25) is 5.96 Å². The summed E-state index contributed by atoms with van der Waals surface area (Å²) in [7, 11) is -0.700. The van der Waals surface area contributed by atoms with Crippen LogP contribution in [-0.2, 0) is 10.1 Å². The SMILES string of the molecule is CCCCCCC(CS(=O)(=O)O)N=C(N=C(N)N)N(C)C. The molecule has 5 N–H and O–H groups in total. The Labute approximate surface area is 127 Å². The van der Waals surface area contributed by atoms with Crippen molar-refractivity contribution in [2.75, 3.05) is 19.8 Å². The van der Waals surface area contributed by atoms with E-state index in [0.717, 1.165) is 25.7 Å². The Balaban J connectivity index is 5.03. The molecule has 0 aromatic rings. The Hall–Kier alpha value is -1.35. The third kappa shape index (κ3) is 11.0. The molecule has 1 atom stereocenters. The maximum Gasteiger partial charge on any atom is 0.266 e. The van der Waals surface area contributed by atoms with E-state index in [-0.39, 0.29) is 11.9 Å².